The summed E-state index contributed by atoms with van der Waals surface area (Å²) in [6.07, 6.45) is 7.88. The minimum Gasteiger partial charge on any atom is -0.508 e. The van der Waals surface area contributed by atoms with E-state index < -0.39 is 0 Å². The number of unbranched alkanes of at least 4 members (excludes halogenated alkanes) is 1. The molecule has 1 heterocycles. The maximum atomic E-state index is 9.54. The molecule has 0 radical (unpaired) electrons. The van der Waals surface area contributed by atoms with Gasteiger partial charge in [0.2, 0.25) is 0 Å². The zero-order valence-corrected chi connectivity index (χ0v) is 16.7. The van der Waals surface area contributed by atoms with Crippen molar-refractivity contribution < 1.29 is 5.11 Å². The molecule has 1 N–H and O–H groups in total. The summed E-state index contributed by atoms with van der Waals surface area (Å²) in [5.74, 6) is 0.274. The molecule has 0 spiro atoms. The Balaban J connectivity index is 2.01. The van der Waals surface area contributed by atoms with Crippen molar-refractivity contribution in [3.05, 3.63) is 89.8 Å². The second kappa shape index (κ2) is 9.14. The van der Waals surface area contributed by atoms with Gasteiger partial charge in [-0.15, -0.1) is 0 Å². The highest BCUT2D eigenvalue weighted by Gasteiger charge is 2.08. The number of rotatable bonds is 6. The van der Waals surface area contributed by atoms with E-state index in [0.717, 1.165) is 46.5 Å². The van der Waals surface area contributed by atoms with Crippen molar-refractivity contribution in [2.24, 2.45) is 4.99 Å². The van der Waals surface area contributed by atoms with Crippen LogP contribution < -0.4 is 0 Å². The molecule has 0 saturated carbocycles. The van der Waals surface area contributed by atoms with Gasteiger partial charge in [0.05, 0.1) is 5.70 Å². The lowest BCUT2D eigenvalue weighted by molar-refractivity contribution is 0.475. The summed E-state index contributed by atoms with van der Waals surface area (Å²) < 4.78 is 0. The van der Waals surface area contributed by atoms with Gasteiger partial charge in [0.25, 0.3) is 0 Å². The van der Waals surface area contributed by atoms with E-state index in [1.54, 1.807) is 18.3 Å². The number of aromatic hydroxyl groups is 1. The first-order chi connectivity index (χ1) is 13.6. The first-order valence-electron chi connectivity index (χ1n) is 9.64. The normalized spacial score (nSPS) is 12.2. The van der Waals surface area contributed by atoms with E-state index in [1.165, 1.54) is 5.56 Å². The van der Waals surface area contributed by atoms with Gasteiger partial charge >= 0.3 is 0 Å². The highest BCUT2D eigenvalue weighted by Crippen LogP contribution is 2.26. The molecule has 0 amide bonds. The summed E-state index contributed by atoms with van der Waals surface area (Å²) in [5.41, 5.74) is 7.45. The van der Waals surface area contributed by atoms with Crippen molar-refractivity contribution in [3.63, 3.8) is 0 Å². The maximum Gasteiger partial charge on any atom is 0.115 e. The van der Waals surface area contributed by atoms with Crippen LogP contribution in [0, 0.1) is 6.92 Å². The third-order valence-corrected chi connectivity index (χ3v) is 4.70. The number of pyridine rings is 1. The van der Waals surface area contributed by atoms with Gasteiger partial charge in [-0.05, 0) is 72.9 Å². The molecule has 3 aromatic rings. The smallest absolute Gasteiger partial charge is 0.115 e. The molecule has 0 unspecified atom stereocenters. The van der Waals surface area contributed by atoms with Gasteiger partial charge in [0, 0.05) is 23.7 Å². The Hall–Kier alpha value is -3.20. The Bertz CT molecular complexity index is 987. The molecule has 0 aliphatic heterocycles. The second-order valence-electron chi connectivity index (χ2n) is 6.89. The lowest BCUT2D eigenvalue weighted by Gasteiger charge is -2.11. The van der Waals surface area contributed by atoms with E-state index >= 15 is 0 Å². The minimum atomic E-state index is 0.274. The number of aryl methyl sites for hydroxylation is 1. The van der Waals surface area contributed by atoms with Crippen molar-refractivity contribution >= 4 is 11.4 Å². The molecule has 0 aliphatic rings. The number of aliphatic imine (C=N–C) groups is 1. The van der Waals surface area contributed by atoms with Crippen molar-refractivity contribution in [3.8, 4) is 16.9 Å². The van der Waals surface area contributed by atoms with Gasteiger partial charge in [-0.25, -0.2) is 0 Å². The number of phenolic OH excluding ortho intramolecular Hbond substituents is 1. The van der Waals surface area contributed by atoms with Crippen LogP contribution in [0.2, 0.25) is 0 Å². The number of hydrogen-bond acceptors (Lipinski definition) is 3. The summed E-state index contributed by atoms with van der Waals surface area (Å²) in [7, 11) is 0. The van der Waals surface area contributed by atoms with Crippen molar-refractivity contribution in [2.45, 2.75) is 33.6 Å². The number of allylic oxidation sites excluding steroid dienone is 1. The number of hydrogen-bond donors (Lipinski definition) is 1. The van der Waals surface area contributed by atoms with E-state index in [4.69, 9.17) is 4.99 Å². The molecule has 0 atom stereocenters. The number of nitrogens with zero attached hydrogens (tertiary/aromatic N) is 2. The van der Waals surface area contributed by atoms with Crippen LogP contribution in [0.1, 0.15) is 43.4 Å². The molecule has 28 heavy (non-hydrogen) atoms. The molecule has 0 fully saturated rings. The summed E-state index contributed by atoms with van der Waals surface area (Å²) in [6.45, 7) is 6.33. The fourth-order valence-electron chi connectivity index (χ4n) is 3.11. The van der Waals surface area contributed by atoms with Gasteiger partial charge < -0.3 is 5.11 Å². The number of aromatic nitrogens is 1. The first kappa shape index (κ1) is 19.6. The maximum absolute atomic E-state index is 9.54. The third kappa shape index (κ3) is 4.74. The van der Waals surface area contributed by atoms with Crippen LogP contribution in [-0.2, 0) is 0 Å². The van der Waals surface area contributed by atoms with Crippen LogP contribution in [0.15, 0.2) is 78.1 Å². The summed E-state index contributed by atoms with van der Waals surface area (Å²) in [6, 6.07) is 17.7. The van der Waals surface area contributed by atoms with Crippen LogP contribution in [0.5, 0.6) is 5.75 Å². The molecule has 3 nitrogen and oxygen atoms in total. The predicted octanol–water partition coefficient (Wildman–Crippen LogP) is 6.41. The van der Waals surface area contributed by atoms with Crippen LogP contribution in [0.25, 0.3) is 16.8 Å². The monoisotopic (exact) mass is 370 g/mol. The van der Waals surface area contributed by atoms with E-state index in [9.17, 15) is 5.11 Å². The summed E-state index contributed by atoms with van der Waals surface area (Å²) >= 11 is 0. The van der Waals surface area contributed by atoms with Crippen LogP contribution >= 0.6 is 0 Å². The molecule has 0 aliphatic carbocycles. The average molecular weight is 370 g/mol. The Morgan fingerprint density at radius 2 is 1.82 bits per heavy atom. The standard InChI is InChI=1S/C25H26N2O/c1-4-5-8-25(22-7-6-15-26-17-22)27-19(3)24-16-21(10-9-18(24)2)20-11-13-23(28)14-12-20/h6-17,28H,4-5H2,1-3H3/b25-8+,27-19?. The van der Waals surface area contributed by atoms with Gasteiger partial charge in [-0.2, -0.15) is 0 Å². The quantitative estimate of drug-likeness (QED) is 0.509. The lowest BCUT2D eigenvalue weighted by Crippen LogP contribution is -2.00. The lowest BCUT2D eigenvalue weighted by atomic mass is 9.97. The minimum absolute atomic E-state index is 0.274. The zero-order chi connectivity index (χ0) is 19.9. The molecular weight excluding hydrogens is 344 g/mol. The number of benzene rings is 2. The third-order valence-electron chi connectivity index (χ3n) is 4.70. The first-order valence-corrected chi connectivity index (χ1v) is 9.64. The Labute approximate surface area is 167 Å². The topological polar surface area (TPSA) is 45.5 Å². The van der Waals surface area contributed by atoms with Gasteiger partial charge in [-0.1, -0.05) is 43.7 Å². The van der Waals surface area contributed by atoms with E-state index in [2.05, 4.69) is 50.0 Å². The summed E-state index contributed by atoms with van der Waals surface area (Å²) in [5, 5.41) is 9.54. The van der Waals surface area contributed by atoms with Gasteiger partial charge in [0.15, 0.2) is 0 Å². The van der Waals surface area contributed by atoms with E-state index in [1.807, 2.05) is 30.5 Å². The fraction of sp³-hybridized carbons (Fsp3) is 0.200. The predicted molar refractivity (Wildman–Crippen MR) is 118 cm³/mol. The molecule has 3 rings (SSSR count). The molecule has 142 valence electrons. The molecule has 3 heteroatoms. The molecular formula is C25H26N2O. The van der Waals surface area contributed by atoms with Crippen LogP contribution in [-0.4, -0.2) is 15.8 Å². The second-order valence-corrected chi connectivity index (χ2v) is 6.89. The van der Waals surface area contributed by atoms with Crippen molar-refractivity contribution in [2.75, 3.05) is 0 Å². The largest absolute Gasteiger partial charge is 0.508 e. The highest BCUT2D eigenvalue weighted by atomic mass is 16.3. The Kier molecular flexibility index (Phi) is 6.38. The Morgan fingerprint density at radius 1 is 1.07 bits per heavy atom. The van der Waals surface area contributed by atoms with E-state index in [-0.39, 0.29) is 5.75 Å². The Morgan fingerprint density at radius 3 is 2.50 bits per heavy atom. The highest BCUT2D eigenvalue weighted by molar-refractivity contribution is 6.03. The molecule has 1 aromatic heterocycles. The van der Waals surface area contributed by atoms with Gasteiger partial charge in [0.1, 0.15) is 5.75 Å². The SMILES string of the molecule is CCC/C=C(/N=C(C)c1cc(-c2ccc(O)cc2)ccc1C)c1cccnc1. The molecule has 0 saturated heterocycles. The van der Waals surface area contributed by atoms with Crippen molar-refractivity contribution in [1.29, 1.82) is 0 Å². The van der Waals surface area contributed by atoms with E-state index in [0.29, 0.717) is 0 Å². The van der Waals surface area contributed by atoms with Crippen molar-refractivity contribution in [1.82, 2.24) is 4.98 Å². The molecule has 0 bridgehead atoms. The molecule has 2 aromatic carbocycles. The van der Waals surface area contributed by atoms with Crippen LogP contribution in [0.3, 0.4) is 0 Å². The van der Waals surface area contributed by atoms with Gasteiger partial charge in [-0.3, -0.25) is 9.98 Å². The van der Waals surface area contributed by atoms with Crippen LogP contribution in [0.4, 0.5) is 0 Å². The average Bonchev–Trinajstić information content (AvgIpc) is 2.72. The fourth-order valence-corrected chi connectivity index (χ4v) is 3.11. The number of phenols is 1. The zero-order valence-electron chi connectivity index (χ0n) is 16.7. The summed E-state index contributed by atoms with van der Waals surface area (Å²) in [4.78, 5) is 9.20.